The summed E-state index contributed by atoms with van der Waals surface area (Å²) in [5, 5.41) is 7.67. The molecule has 0 atom stereocenters. The third kappa shape index (κ3) is 4.94. The Kier molecular flexibility index (Phi) is 6.07. The number of ether oxygens (including phenoxy) is 1. The Labute approximate surface area is 138 Å². The lowest BCUT2D eigenvalue weighted by Gasteiger charge is -2.09. The fraction of sp³-hybridized carbons (Fsp3) is 0.188. The molecule has 2 rings (SSSR count). The van der Waals surface area contributed by atoms with Crippen molar-refractivity contribution in [1.29, 1.82) is 0 Å². The summed E-state index contributed by atoms with van der Waals surface area (Å²) in [5.74, 6) is -0.681. The molecule has 1 aromatic carbocycles. The zero-order valence-corrected chi connectivity index (χ0v) is 13.0. The van der Waals surface area contributed by atoms with Crippen molar-refractivity contribution in [1.82, 2.24) is 15.6 Å². The molecule has 1 heterocycles. The van der Waals surface area contributed by atoms with Crippen molar-refractivity contribution in [2.45, 2.75) is 0 Å². The minimum Gasteiger partial charge on any atom is -0.481 e. The average Bonchev–Trinajstić information content (AvgIpc) is 2.59. The zero-order chi connectivity index (χ0) is 17.4. The fourth-order valence-electron chi connectivity index (χ4n) is 1.84. The summed E-state index contributed by atoms with van der Waals surface area (Å²) in [4.78, 5) is 27.4. The Morgan fingerprint density at radius 1 is 1.12 bits per heavy atom. The summed E-state index contributed by atoms with van der Waals surface area (Å²) in [6.45, 7) is 0.358. The van der Waals surface area contributed by atoms with Crippen LogP contribution in [0.1, 0.15) is 10.4 Å². The van der Waals surface area contributed by atoms with Crippen LogP contribution in [0, 0.1) is 5.82 Å². The number of nitrogens with one attached hydrogen (secondary N) is 3. The molecule has 24 heavy (non-hydrogen) atoms. The highest BCUT2D eigenvalue weighted by Gasteiger charge is 2.09. The Bertz CT molecular complexity index is 707. The first kappa shape index (κ1) is 17.2. The molecular weight excluding hydrogens is 315 g/mol. The maximum atomic E-state index is 13.4. The number of hydrogen-bond donors (Lipinski definition) is 3. The lowest BCUT2D eigenvalue weighted by Crippen LogP contribution is -2.37. The molecule has 7 nitrogen and oxygen atoms in total. The predicted molar refractivity (Wildman–Crippen MR) is 86.5 cm³/mol. The maximum Gasteiger partial charge on any atom is 0.319 e. The first-order valence-corrected chi connectivity index (χ1v) is 7.18. The van der Waals surface area contributed by atoms with Crippen molar-refractivity contribution in [2.24, 2.45) is 0 Å². The number of carbonyl (C=O) groups is 2. The van der Waals surface area contributed by atoms with Crippen LogP contribution in [-0.4, -0.2) is 37.1 Å². The number of anilines is 1. The molecule has 3 amide bonds. The van der Waals surface area contributed by atoms with Crippen LogP contribution in [0.4, 0.5) is 14.9 Å². The van der Waals surface area contributed by atoms with Crippen LogP contribution in [0.5, 0.6) is 5.88 Å². The van der Waals surface area contributed by atoms with E-state index in [1.807, 2.05) is 0 Å². The topological polar surface area (TPSA) is 92.4 Å². The van der Waals surface area contributed by atoms with E-state index < -0.39 is 17.8 Å². The molecule has 0 aliphatic heterocycles. The molecule has 0 aliphatic carbocycles. The molecule has 0 radical (unpaired) electrons. The molecule has 0 aliphatic rings. The quantitative estimate of drug-likeness (QED) is 0.703. The number of amides is 3. The number of hydrogen-bond acceptors (Lipinski definition) is 4. The van der Waals surface area contributed by atoms with Crippen molar-refractivity contribution in [3.63, 3.8) is 0 Å². The Morgan fingerprint density at radius 2 is 1.88 bits per heavy atom. The van der Waals surface area contributed by atoms with E-state index in [0.717, 1.165) is 0 Å². The average molecular weight is 332 g/mol. The van der Waals surface area contributed by atoms with Gasteiger partial charge in [-0.15, -0.1) is 0 Å². The second-order valence-electron chi connectivity index (χ2n) is 4.71. The van der Waals surface area contributed by atoms with Crippen LogP contribution >= 0.6 is 0 Å². The minimum absolute atomic E-state index is 0.0359. The molecule has 2 aromatic rings. The van der Waals surface area contributed by atoms with Gasteiger partial charge < -0.3 is 20.7 Å². The van der Waals surface area contributed by atoms with Crippen LogP contribution in [0.3, 0.4) is 0 Å². The van der Waals surface area contributed by atoms with Gasteiger partial charge in [0.2, 0.25) is 5.88 Å². The number of carbonyl (C=O) groups excluding carboxylic acids is 2. The molecule has 0 unspecified atom stereocenters. The van der Waals surface area contributed by atoms with E-state index in [1.165, 1.54) is 31.5 Å². The van der Waals surface area contributed by atoms with E-state index in [0.29, 0.717) is 11.6 Å². The standard InChI is InChI=1S/C16H17FN4O3/c1-24-14-7-6-11(10-20-14)21-16(23)19-9-8-18-15(22)12-4-2-3-5-13(12)17/h2-7,10H,8-9H2,1H3,(H,18,22)(H2,19,21,23). The summed E-state index contributed by atoms with van der Waals surface area (Å²) in [6.07, 6.45) is 1.46. The van der Waals surface area contributed by atoms with E-state index in [1.54, 1.807) is 18.2 Å². The van der Waals surface area contributed by atoms with E-state index in [-0.39, 0.29) is 18.7 Å². The van der Waals surface area contributed by atoms with Crippen molar-refractivity contribution in [2.75, 3.05) is 25.5 Å². The molecule has 0 spiro atoms. The van der Waals surface area contributed by atoms with Crippen molar-refractivity contribution >= 4 is 17.6 Å². The predicted octanol–water partition coefficient (Wildman–Crippen LogP) is 1.78. The van der Waals surface area contributed by atoms with Gasteiger partial charge in [-0.3, -0.25) is 4.79 Å². The molecule has 0 bridgehead atoms. The maximum absolute atomic E-state index is 13.4. The normalized spacial score (nSPS) is 9.92. The Balaban J connectivity index is 1.70. The van der Waals surface area contributed by atoms with Crippen molar-refractivity contribution in [3.05, 3.63) is 54.0 Å². The summed E-state index contributed by atoms with van der Waals surface area (Å²) < 4.78 is 18.3. The lowest BCUT2D eigenvalue weighted by atomic mass is 10.2. The molecule has 0 saturated heterocycles. The smallest absolute Gasteiger partial charge is 0.319 e. The van der Waals surface area contributed by atoms with Crippen LogP contribution < -0.4 is 20.7 Å². The number of urea groups is 1. The van der Waals surface area contributed by atoms with Gasteiger partial charge in [-0.05, 0) is 18.2 Å². The van der Waals surface area contributed by atoms with Crippen LogP contribution in [0.2, 0.25) is 0 Å². The summed E-state index contributed by atoms with van der Waals surface area (Å²) in [5.41, 5.74) is 0.468. The Morgan fingerprint density at radius 3 is 2.54 bits per heavy atom. The number of pyridine rings is 1. The lowest BCUT2D eigenvalue weighted by molar-refractivity contribution is 0.0950. The highest BCUT2D eigenvalue weighted by atomic mass is 19.1. The van der Waals surface area contributed by atoms with Gasteiger partial charge in [-0.1, -0.05) is 12.1 Å². The third-order valence-electron chi connectivity index (χ3n) is 3.02. The van der Waals surface area contributed by atoms with Crippen molar-refractivity contribution in [3.8, 4) is 5.88 Å². The molecule has 0 saturated carbocycles. The van der Waals surface area contributed by atoms with Gasteiger partial charge in [0.25, 0.3) is 5.91 Å². The number of methoxy groups -OCH3 is 1. The molecule has 8 heteroatoms. The molecule has 126 valence electrons. The number of halogens is 1. The molecule has 3 N–H and O–H groups in total. The van der Waals surface area contributed by atoms with E-state index in [2.05, 4.69) is 20.9 Å². The van der Waals surface area contributed by atoms with Crippen LogP contribution in [0.25, 0.3) is 0 Å². The van der Waals surface area contributed by atoms with Gasteiger partial charge in [-0.2, -0.15) is 0 Å². The molecule has 0 fully saturated rings. The minimum atomic E-state index is -0.590. The number of aromatic nitrogens is 1. The van der Waals surface area contributed by atoms with Gasteiger partial charge in [0.05, 0.1) is 24.6 Å². The first-order chi connectivity index (χ1) is 11.6. The highest BCUT2D eigenvalue weighted by molar-refractivity contribution is 5.94. The first-order valence-electron chi connectivity index (χ1n) is 7.18. The third-order valence-corrected chi connectivity index (χ3v) is 3.02. The van der Waals surface area contributed by atoms with Gasteiger partial charge in [0, 0.05) is 19.2 Å². The number of nitrogens with zero attached hydrogens (tertiary/aromatic N) is 1. The second-order valence-corrected chi connectivity index (χ2v) is 4.71. The van der Waals surface area contributed by atoms with Gasteiger partial charge in [-0.25, -0.2) is 14.2 Å². The van der Waals surface area contributed by atoms with Crippen LogP contribution in [0.15, 0.2) is 42.6 Å². The highest BCUT2D eigenvalue weighted by Crippen LogP contribution is 2.10. The largest absolute Gasteiger partial charge is 0.481 e. The SMILES string of the molecule is COc1ccc(NC(=O)NCCNC(=O)c2ccccc2F)cn1. The van der Waals surface area contributed by atoms with Gasteiger partial charge in [0.1, 0.15) is 5.82 Å². The van der Waals surface area contributed by atoms with Gasteiger partial charge in [0.15, 0.2) is 0 Å². The monoisotopic (exact) mass is 332 g/mol. The molecule has 1 aromatic heterocycles. The van der Waals surface area contributed by atoms with E-state index in [9.17, 15) is 14.0 Å². The second kappa shape index (κ2) is 8.47. The number of rotatable bonds is 6. The zero-order valence-electron chi connectivity index (χ0n) is 13.0. The van der Waals surface area contributed by atoms with E-state index >= 15 is 0 Å². The summed E-state index contributed by atoms with van der Waals surface area (Å²) in [7, 11) is 1.50. The number of benzene rings is 1. The molecular formula is C16H17FN4O3. The van der Waals surface area contributed by atoms with Crippen molar-refractivity contribution < 1.29 is 18.7 Å². The summed E-state index contributed by atoms with van der Waals surface area (Å²) in [6, 6.07) is 8.50. The van der Waals surface area contributed by atoms with Crippen LogP contribution in [-0.2, 0) is 0 Å². The van der Waals surface area contributed by atoms with E-state index in [4.69, 9.17) is 4.74 Å². The summed E-state index contributed by atoms with van der Waals surface area (Å²) >= 11 is 0. The fourth-order valence-corrected chi connectivity index (χ4v) is 1.84. The Hall–Kier alpha value is -3.16. The van der Waals surface area contributed by atoms with Gasteiger partial charge >= 0.3 is 6.03 Å².